The van der Waals surface area contributed by atoms with Crippen LogP contribution in [0.3, 0.4) is 0 Å². The second-order valence-corrected chi connectivity index (χ2v) is 8.18. The number of pyridine rings is 1. The number of ether oxygens (including phenoxy) is 1. The van der Waals surface area contributed by atoms with Gasteiger partial charge < -0.3 is 14.2 Å². The standard InChI is InChI=1S/C21H24N6O2S/c1-14-22-17(12-26(14)11-16-13-30-15(2)23-16)20-24-19(18-7-5-6-8-27(18)20)21(28)25(3)9-10-29-4/h5-8,12-13H,9-11H2,1-4H3. The molecule has 0 atom stereocenters. The van der Waals surface area contributed by atoms with Gasteiger partial charge in [0.1, 0.15) is 11.5 Å². The number of nitrogens with zero attached hydrogens (tertiary/aromatic N) is 6. The number of aromatic nitrogens is 5. The summed E-state index contributed by atoms with van der Waals surface area (Å²) in [6, 6.07) is 5.72. The largest absolute Gasteiger partial charge is 0.383 e. The number of methoxy groups -OCH3 is 1. The second-order valence-electron chi connectivity index (χ2n) is 7.12. The molecule has 0 aliphatic carbocycles. The van der Waals surface area contributed by atoms with Gasteiger partial charge in [-0.3, -0.25) is 9.20 Å². The van der Waals surface area contributed by atoms with E-state index in [4.69, 9.17) is 14.7 Å². The van der Waals surface area contributed by atoms with Gasteiger partial charge in [0.05, 0.1) is 29.4 Å². The number of hydrogen-bond donors (Lipinski definition) is 0. The van der Waals surface area contributed by atoms with E-state index in [0.29, 0.717) is 31.2 Å². The van der Waals surface area contributed by atoms with Crippen LogP contribution in [0, 0.1) is 13.8 Å². The van der Waals surface area contributed by atoms with Gasteiger partial charge in [-0.1, -0.05) is 6.07 Å². The zero-order valence-corrected chi connectivity index (χ0v) is 18.3. The maximum absolute atomic E-state index is 13.0. The van der Waals surface area contributed by atoms with Crippen molar-refractivity contribution >= 4 is 22.8 Å². The second kappa shape index (κ2) is 8.37. The van der Waals surface area contributed by atoms with Crippen molar-refractivity contribution in [3.63, 3.8) is 0 Å². The number of likely N-dealkylation sites (N-methyl/N-ethyl adjacent to an activating group) is 1. The highest BCUT2D eigenvalue weighted by molar-refractivity contribution is 7.09. The molecule has 8 nitrogen and oxygen atoms in total. The van der Waals surface area contributed by atoms with Crippen molar-refractivity contribution in [1.29, 1.82) is 0 Å². The van der Waals surface area contributed by atoms with Gasteiger partial charge in [-0.25, -0.2) is 15.0 Å². The zero-order chi connectivity index (χ0) is 21.3. The maximum atomic E-state index is 13.0. The third-order valence-corrected chi connectivity index (χ3v) is 5.75. The normalized spacial score (nSPS) is 11.3. The number of amides is 1. The third-order valence-electron chi connectivity index (χ3n) is 4.93. The van der Waals surface area contributed by atoms with Crippen LogP contribution in [0.25, 0.3) is 17.0 Å². The summed E-state index contributed by atoms with van der Waals surface area (Å²) in [4.78, 5) is 28.6. The molecule has 4 aromatic rings. The molecule has 0 saturated heterocycles. The molecule has 30 heavy (non-hydrogen) atoms. The lowest BCUT2D eigenvalue weighted by atomic mass is 10.3. The maximum Gasteiger partial charge on any atom is 0.274 e. The smallest absolute Gasteiger partial charge is 0.274 e. The van der Waals surface area contributed by atoms with Crippen molar-refractivity contribution in [2.75, 3.05) is 27.3 Å². The molecule has 4 rings (SSSR count). The predicted molar refractivity (Wildman–Crippen MR) is 116 cm³/mol. The summed E-state index contributed by atoms with van der Waals surface area (Å²) < 4.78 is 9.06. The Morgan fingerprint density at radius 3 is 2.80 bits per heavy atom. The molecule has 9 heteroatoms. The Balaban J connectivity index is 1.71. The van der Waals surface area contributed by atoms with E-state index in [1.54, 1.807) is 30.4 Å². The van der Waals surface area contributed by atoms with Crippen LogP contribution >= 0.6 is 11.3 Å². The van der Waals surface area contributed by atoms with Gasteiger partial charge in [0.25, 0.3) is 5.91 Å². The Kier molecular flexibility index (Phi) is 5.65. The number of fused-ring (bicyclic) bond motifs is 1. The number of thiazole rings is 1. The van der Waals surface area contributed by atoms with Crippen molar-refractivity contribution in [3.05, 3.63) is 58.2 Å². The van der Waals surface area contributed by atoms with Crippen molar-refractivity contribution in [3.8, 4) is 11.5 Å². The van der Waals surface area contributed by atoms with Crippen LogP contribution in [0.5, 0.6) is 0 Å². The van der Waals surface area contributed by atoms with Gasteiger partial charge in [0, 0.05) is 38.5 Å². The zero-order valence-electron chi connectivity index (χ0n) is 17.5. The Hall–Kier alpha value is -3.04. The SMILES string of the molecule is COCCN(C)C(=O)c1nc(-c2cn(Cc3csc(C)n3)c(C)n2)n2ccccc12. The van der Waals surface area contributed by atoms with Crippen LogP contribution in [-0.4, -0.2) is 62.0 Å². The topological polar surface area (TPSA) is 77.5 Å². The van der Waals surface area contributed by atoms with E-state index >= 15 is 0 Å². The summed E-state index contributed by atoms with van der Waals surface area (Å²) in [5.74, 6) is 1.37. The Bertz CT molecular complexity index is 1190. The molecule has 0 N–H and O–H groups in total. The highest BCUT2D eigenvalue weighted by Crippen LogP contribution is 2.24. The molecule has 0 aliphatic heterocycles. The van der Waals surface area contributed by atoms with E-state index in [9.17, 15) is 4.79 Å². The van der Waals surface area contributed by atoms with Crippen LogP contribution in [0.4, 0.5) is 0 Å². The quantitative estimate of drug-likeness (QED) is 0.456. The number of hydrogen-bond acceptors (Lipinski definition) is 6. The van der Waals surface area contributed by atoms with Crippen LogP contribution in [0.15, 0.2) is 36.0 Å². The molecule has 1 amide bonds. The molecule has 0 aliphatic rings. The molecule has 0 fully saturated rings. The molecular weight excluding hydrogens is 400 g/mol. The van der Waals surface area contributed by atoms with Crippen LogP contribution in [0.2, 0.25) is 0 Å². The third kappa shape index (κ3) is 3.86. The van der Waals surface area contributed by atoms with Crippen molar-refractivity contribution < 1.29 is 9.53 Å². The van der Waals surface area contributed by atoms with Gasteiger partial charge in [-0.2, -0.15) is 0 Å². The minimum atomic E-state index is -0.142. The molecule has 156 valence electrons. The highest BCUT2D eigenvalue weighted by atomic mass is 32.1. The van der Waals surface area contributed by atoms with Crippen molar-refractivity contribution in [2.24, 2.45) is 0 Å². The predicted octanol–water partition coefficient (Wildman–Crippen LogP) is 3.04. The fourth-order valence-electron chi connectivity index (χ4n) is 3.32. The van der Waals surface area contributed by atoms with Gasteiger partial charge in [0.15, 0.2) is 11.5 Å². The first-order valence-electron chi connectivity index (χ1n) is 9.64. The number of aryl methyl sites for hydroxylation is 2. The average molecular weight is 425 g/mol. The molecule has 0 unspecified atom stereocenters. The molecule has 4 aromatic heterocycles. The number of imidazole rings is 2. The van der Waals surface area contributed by atoms with Gasteiger partial charge in [-0.05, 0) is 26.0 Å². The van der Waals surface area contributed by atoms with Gasteiger partial charge in [-0.15, -0.1) is 11.3 Å². The monoisotopic (exact) mass is 424 g/mol. The summed E-state index contributed by atoms with van der Waals surface area (Å²) >= 11 is 1.64. The molecule has 0 saturated carbocycles. The molecule has 0 bridgehead atoms. The fraction of sp³-hybridized carbons (Fsp3) is 0.333. The first-order valence-corrected chi connectivity index (χ1v) is 10.5. The van der Waals surface area contributed by atoms with Gasteiger partial charge in [0.2, 0.25) is 0 Å². The highest BCUT2D eigenvalue weighted by Gasteiger charge is 2.22. The van der Waals surface area contributed by atoms with E-state index in [1.165, 1.54) is 0 Å². The molecule has 0 radical (unpaired) electrons. The van der Waals surface area contributed by atoms with Crippen LogP contribution < -0.4 is 0 Å². The Morgan fingerprint density at radius 1 is 1.23 bits per heavy atom. The van der Waals surface area contributed by atoms with E-state index in [2.05, 4.69) is 14.9 Å². The first kappa shape index (κ1) is 20.2. The minimum Gasteiger partial charge on any atom is -0.383 e. The van der Waals surface area contributed by atoms with Crippen molar-refractivity contribution in [2.45, 2.75) is 20.4 Å². The molecular formula is C21H24N6O2S. The van der Waals surface area contributed by atoms with E-state index in [1.807, 2.05) is 48.8 Å². The lowest BCUT2D eigenvalue weighted by Gasteiger charge is -2.15. The number of carbonyl (C=O) groups is 1. The summed E-state index contributed by atoms with van der Waals surface area (Å²) in [5, 5.41) is 3.11. The average Bonchev–Trinajstić information content (AvgIpc) is 3.43. The summed E-state index contributed by atoms with van der Waals surface area (Å²) in [7, 11) is 3.37. The Morgan fingerprint density at radius 2 is 2.07 bits per heavy atom. The lowest BCUT2D eigenvalue weighted by molar-refractivity contribution is 0.0741. The first-order chi connectivity index (χ1) is 14.5. The molecule has 0 spiro atoms. The van der Waals surface area contributed by atoms with Crippen molar-refractivity contribution in [1.82, 2.24) is 28.8 Å². The molecule has 4 heterocycles. The number of carbonyl (C=O) groups excluding carboxylic acids is 1. The Labute approximate surface area is 178 Å². The van der Waals surface area contributed by atoms with Crippen LogP contribution in [-0.2, 0) is 11.3 Å². The van der Waals surface area contributed by atoms with E-state index in [-0.39, 0.29) is 5.91 Å². The van der Waals surface area contributed by atoms with Gasteiger partial charge >= 0.3 is 0 Å². The fourth-order valence-corrected chi connectivity index (χ4v) is 3.92. The van der Waals surface area contributed by atoms with E-state index < -0.39 is 0 Å². The lowest BCUT2D eigenvalue weighted by Crippen LogP contribution is -2.30. The van der Waals surface area contributed by atoms with E-state index in [0.717, 1.165) is 27.7 Å². The number of rotatable bonds is 7. The summed E-state index contributed by atoms with van der Waals surface area (Å²) in [5.41, 5.74) is 2.89. The summed E-state index contributed by atoms with van der Waals surface area (Å²) in [6.45, 7) is 5.58. The molecule has 0 aromatic carbocycles. The summed E-state index contributed by atoms with van der Waals surface area (Å²) in [6.07, 6.45) is 3.87. The van der Waals surface area contributed by atoms with Crippen LogP contribution in [0.1, 0.15) is 27.0 Å². The minimum absolute atomic E-state index is 0.142.